The molecule has 0 radical (unpaired) electrons. The number of nitrogens with zero attached hydrogens (tertiary/aromatic N) is 3. The van der Waals surface area contributed by atoms with Crippen molar-refractivity contribution in [2.75, 3.05) is 18.9 Å². The zero-order chi connectivity index (χ0) is 25.0. The molecule has 2 heterocycles. The first-order valence-corrected chi connectivity index (χ1v) is 12.7. The molecule has 0 aliphatic heterocycles. The summed E-state index contributed by atoms with van der Waals surface area (Å²) in [5.74, 6) is 0.570. The third-order valence-corrected chi connectivity index (χ3v) is 7.68. The number of sulfone groups is 1. The lowest BCUT2D eigenvalue weighted by atomic mass is 10.1. The maximum atomic E-state index is 12.4. The van der Waals surface area contributed by atoms with Crippen molar-refractivity contribution in [3.63, 3.8) is 0 Å². The predicted molar refractivity (Wildman–Crippen MR) is 134 cm³/mol. The van der Waals surface area contributed by atoms with Crippen LogP contribution in [-0.2, 0) is 16.4 Å². The molecule has 0 atom stereocenters. The largest absolute Gasteiger partial charge is 0.395 e. The molecule has 4 rings (SSSR count). The molecule has 182 valence electrons. The fourth-order valence-corrected chi connectivity index (χ4v) is 4.49. The van der Waals surface area contributed by atoms with Gasteiger partial charge in [0.15, 0.2) is 27.1 Å². The van der Waals surface area contributed by atoms with Gasteiger partial charge >= 0.3 is 0 Å². The molecule has 0 saturated carbocycles. The monoisotopic (exact) mass is 493 g/mol. The lowest BCUT2D eigenvalue weighted by Gasteiger charge is -2.09. The zero-order valence-corrected chi connectivity index (χ0v) is 20.3. The van der Waals surface area contributed by atoms with E-state index >= 15 is 0 Å². The fraction of sp³-hybridized carbons (Fsp3) is 0.240. The molecule has 35 heavy (non-hydrogen) atoms. The Balaban J connectivity index is 1.57. The van der Waals surface area contributed by atoms with Gasteiger partial charge < -0.3 is 20.7 Å². The molecule has 0 bridgehead atoms. The molecule has 2 aromatic heterocycles. The van der Waals surface area contributed by atoms with Crippen LogP contribution in [0.3, 0.4) is 0 Å². The number of benzene rings is 2. The van der Waals surface area contributed by atoms with Gasteiger partial charge in [0.05, 0.1) is 28.6 Å². The third kappa shape index (κ3) is 5.40. The van der Waals surface area contributed by atoms with E-state index in [2.05, 4.69) is 20.4 Å². The van der Waals surface area contributed by atoms with Gasteiger partial charge in [-0.2, -0.15) is 0 Å². The van der Waals surface area contributed by atoms with Gasteiger partial charge in [0.1, 0.15) is 5.69 Å². The number of aromatic nitrogens is 3. The minimum atomic E-state index is -3.36. The second kappa shape index (κ2) is 10.3. The van der Waals surface area contributed by atoms with Crippen LogP contribution < -0.4 is 11.1 Å². The number of aliphatic hydroxyl groups excluding tert-OH is 1. The number of aliphatic hydroxyl groups is 1. The second-order valence-corrected chi connectivity index (χ2v) is 10.8. The molecule has 0 amide bonds. The number of nitrogen functional groups attached to an aromatic ring is 1. The van der Waals surface area contributed by atoms with Crippen LogP contribution in [0.15, 0.2) is 70.2 Å². The van der Waals surface area contributed by atoms with Gasteiger partial charge in [-0.1, -0.05) is 41.6 Å². The molecule has 2 aromatic carbocycles. The summed E-state index contributed by atoms with van der Waals surface area (Å²) in [6.07, 6.45) is 1.53. The van der Waals surface area contributed by atoms with Crippen LogP contribution in [0.2, 0.25) is 0 Å². The minimum absolute atomic E-state index is 0.0956. The van der Waals surface area contributed by atoms with Crippen molar-refractivity contribution in [1.29, 1.82) is 0 Å². The summed E-state index contributed by atoms with van der Waals surface area (Å²) in [5, 5.41) is 15.7. The lowest BCUT2D eigenvalue weighted by Crippen LogP contribution is -2.17. The van der Waals surface area contributed by atoms with Crippen molar-refractivity contribution in [2.24, 2.45) is 0 Å². The van der Waals surface area contributed by atoms with E-state index in [0.29, 0.717) is 41.5 Å². The number of anilines is 1. The molecule has 4 aromatic rings. The van der Waals surface area contributed by atoms with Gasteiger partial charge in [-0.05, 0) is 31.5 Å². The first kappa shape index (κ1) is 24.5. The van der Waals surface area contributed by atoms with Gasteiger partial charge in [-0.3, -0.25) is 0 Å². The zero-order valence-electron chi connectivity index (χ0n) is 19.5. The minimum Gasteiger partial charge on any atom is -0.395 e. The van der Waals surface area contributed by atoms with Crippen LogP contribution >= 0.6 is 0 Å². The number of nitrogens with two attached hydrogens (primary N) is 1. The Kier molecular flexibility index (Phi) is 7.25. The van der Waals surface area contributed by atoms with Crippen molar-refractivity contribution in [2.45, 2.75) is 30.5 Å². The van der Waals surface area contributed by atoms with Crippen molar-refractivity contribution in [3.05, 3.63) is 66.4 Å². The molecular weight excluding hydrogens is 466 g/mol. The molecule has 10 heteroatoms. The molecule has 9 nitrogen and oxygen atoms in total. The summed E-state index contributed by atoms with van der Waals surface area (Å²) in [6, 6.07) is 16.1. The van der Waals surface area contributed by atoms with Crippen molar-refractivity contribution in [3.8, 4) is 34.0 Å². The molecule has 0 aliphatic carbocycles. The normalized spacial score (nSPS) is 11.8. The highest BCUT2D eigenvalue weighted by Crippen LogP contribution is 2.30. The highest BCUT2D eigenvalue weighted by molar-refractivity contribution is 7.92. The quantitative estimate of drug-likeness (QED) is 0.299. The summed E-state index contributed by atoms with van der Waals surface area (Å²) in [4.78, 5) is 9.11. The molecule has 0 saturated heterocycles. The number of rotatable bonds is 9. The van der Waals surface area contributed by atoms with Crippen LogP contribution in [0, 0.1) is 0 Å². The maximum Gasteiger partial charge on any atom is 0.189 e. The molecule has 0 unspecified atom stereocenters. The van der Waals surface area contributed by atoms with Crippen LogP contribution in [0.1, 0.15) is 19.4 Å². The molecule has 0 spiro atoms. The molecule has 0 aliphatic rings. The average Bonchev–Trinajstić information content (AvgIpc) is 3.35. The van der Waals surface area contributed by atoms with Gasteiger partial charge in [0.2, 0.25) is 0 Å². The van der Waals surface area contributed by atoms with E-state index in [1.54, 1.807) is 44.2 Å². The number of nitrogens with one attached hydrogen (secondary N) is 1. The summed E-state index contributed by atoms with van der Waals surface area (Å²) in [7, 11) is -3.36. The first-order valence-electron chi connectivity index (χ1n) is 11.1. The SMILES string of the molecule is CC(C)S(=O)(=O)c1ccc(-c2cnc(N)c(-c3cc(-c4ccc(CNCCO)cc4)no3)n2)cc1. The van der Waals surface area contributed by atoms with Crippen molar-refractivity contribution < 1.29 is 18.0 Å². The molecule has 0 fully saturated rings. The van der Waals surface area contributed by atoms with Crippen LogP contribution in [-0.4, -0.2) is 47.1 Å². The van der Waals surface area contributed by atoms with E-state index in [-0.39, 0.29) is 17.3 Å². The standard InChI is InChI=1S/C25H27N5O4S/c1-16(2)35(32,33)20-9-7-19(8-10-20)22-15-28-25(26)24(29-22)23-13-21(30-34-23)18-5-3-17(4-6-18)14-27-11-12-31/h3-10,13,15-16,27,31H,11-12,14H2,1-2H3,(H2,26,28). The van der Waals surface area contributed by atoms with Gasteiger partial charge in [-0.25, -0.2) is 18.4 Å². The average molecular weight is 494 g/mol. The second-order valence-electron chi connectivity index (χ2n) is 8.28. The Labute approximate surface area is 204 Å². The highest BCUT2D eigenvalue weighted by atomic mass is 32.2. The summed E-state index contributed by atoms with van der Waals surface area (Å²) in [5.41, 5.74) is 10.2. The smallest absolute Gasteiger partial charge is 0.189 e. The summed E-state index contributed by atoms with van der Waals surface area (Å²) >= 11 is 0. The maximum absolute atomic E-state index is 12.4. The Bertz CT molecular complexity index is 1400. The highest BCUT2D eigenvalue weighted by Gasteiger charge is 2.20. The number of hydrogen-bond donors (Lipinski definition) is 3. The van der Waals surface area contributed by atoms with E-state index in [1.807, 2.05) is 24.3 Å². The van der Waals surface area contributed by atoms with E-state index in [9.17, 15) is 8.42 Å². The molecule has 4 N–H and O–H groups in total. The van der Waals surface area contributed by atoms with Crippen LogP contribution in [0.4, 0.5) is 5.82 Å². The predicted octanol–water partition coefficient (Wildman–Crippen LogP) is 3.31. The Morgan fingerprint density at radius 2 is 1.69 bits per heavy atom. The Morgan fingerprint density at radius 1 is 1.03 bits per heavy atom. The van der Waals surface area contributed by atoms with Crippen LogP contribution in [0.5, 0.6) is 0 Å². The summed E-state index contributed by atoms with van der Waals surface area (Å²) in [6.45, 7) is 4.60. The van der Waals surface area contributed by atoms with Crippen molar-refractivity contribution >= 4 is 15.7 Å². The van der Waals surface area contributed by atoms with E-state index in [4.69, 9.17) is 15.4 Å². The lowest BCUT2D eigenvalue weighted by molar-refractivity contribution is 0.292. The van der Waals surface area contributed by atoms with Gasteiger partial charge in [0.25, 0.3) is 0 Å². The third-order valence-electron chi connectivity index (χ3n) is 5.51. The summed E-state index contributed by atoms with van der Waals surface area (Å²) < 4.78 is 30.3. The first-order chi connectivity index (χ1) is 16.8. The van der Waals surface area contributed by atoms with Gasteiger partial charge in [-0.15, -0.1) is 0 Å². The van der Waals surface area contributed by atoms with Gasteiger partial charge in [0, 0.05) is 30.3 Å². The van der Waals surface area contributed by atoms with E-state index < -0.39 is 15.1 Å². The Hall–Kier alpha value is -3.60. The Morgan fingerprint density at radius 3 is 2.34 bits per heavy atom. The fourth-order valence-electron chi connectivity index (χ4n) is 3.43. The van der Waals surface area contributed by atoms with Crippen molar-refractivity contribution in [1.82, 2.24) is 20.4 Å². The molecular formula is C25H27N5O4S. The van der Waals surface area contributed by atoms with E-state index in [0.717, 1.165) is 11.1 Å². The van der Waals surface area contributed by atoms with Crippen LogP contribution in [0.25, 0.3) is 34.0 Å². The van der Waals surface area contributed by atoms with E-state index in [1.165, 1.54) is 6.20 Å². The topological polar surface area (TPSA) is 144 Å². The number of hydrogen-bond acceptors (Lipinski definition) is 9.